The fraction of sp³-hybridized carbons (Fsp3) is 0.192. The molecular formula is C26H25ClFN5OS2. The highest BCUT2D eigenvalue weighted by atomic mass is 35.5. The molecule has 6 nitrogen and oxygen atoms in total. The van der Waals surface area contributed by atoms with Crippen molar-refractivity contribution < 1.29 is 9.18 Å². The van der Waals surface area contributed by atoms with Gasteiger partial charge in [-0.1, -0.05) is 41.6 Å². The zero-order valence-electron chi connectivity index (χ0n) is 20.0. The third kappa shape index (κ3) is 6.40. The number of nitrogens with one attached hydrogen (secondary N) is 2. The molecule has 0 saturated carbocycles. The Bertz CT molecular complexity index is 1350. The third-order valence-electron chi connectivity index (χ3n) is 5.43. The van der Waals surface area contributed by atoms with Crippen molar-refractivity contribution in [3.05, 3.63) is 94.5 Å². The SMILES string of the molecule is CSc1ccc(NC(=O)NC(C)c2nnc(SCc3ccc(F)cc3)n2-c2cc(Cl)ccc2C)cc1. The lowest BCUT2D eigenvalue weighted by molar-refractivity contribution is 0.249. The monoisotopic (exact) mass is 541 g/mol. The Morgan fingerprint density at radius 1 is 1.08 bits per heavy atom. The van der Waals surface area contributed by atoms with Crippen LogP contribution >= 0.6 is 35.1 Å². The molecule has 3 aromatic carbocycles. The molecule has 0 fully saturated rings. The standard InChI is InChI=1S/C26H25ClFN5OS2/c1-16-4-7-19(27)14-23(16)33-24(31-32-26(33)36-15-18-5-8-20(28)9-6-18)17(2)29-25(34)30-21-10-12-22(35-3)13-11-21/h4-14,17H,15H2,1-3H3,(H2,29,30,34). The van der Waals surface area contributed by atoms with Crippen molar-refractivity contribution in [3.63, 3.8) is 0 Å². The number of urea groups is 1. The van der Waals surface area contributed by atoms with Crippen molar-refractivity contribution in [3.8, 4) is 5.69 Å². The molecule has 2 N–H and O–H groups in total. The van der Waals surface area contributed by atoms with Gasteiger partial charge < -0.3 is 10.6 Å². The minimum Gasteiger partial charge on any atom is -0.328 e. The zero-order chi connectivity index (χ0) is 25.7. The van der Waals surface area contributed by atoms with Crippen LogP contribution in [-0.4, -0.2) is 27.1 Å². The summed E-state index contributed by atoms with van der Waals surface area (Å²) in [5.41, 5.74) is 3.46. The second-order valence-electron chi connectivity index (χ2n) is 8.07. The van der Waals surface area contributed by atoms with Crippen LogP contribution in [0, 0.1) is 12.7 Å². The summed E-state index contributed by atoms with van der Waals surface area (Å²) in [7, 11) is 0. The number of carbonyl (C=O) groups excluding carboxylic acids is 1. The number of hydrogen-bond donors (Lipinski definition) is 2. The summed E-state index contributed by atoms with van der Waals surface area (Å²) in [4.78, 5) is 13.8. The summed E-state index contributed by atoms with van der Waals surface area (Å²) >= 11 is 9.43. The Morgan fingerprint density at radius 3 is 2.50 bits per heavy atom. The lowest BCUT2D eigenvalue weighted by Gasteiger charge is -2.18. The van der Waals surface area contributed by atoms with Gasteiger partial charge in [-0.25, -0.2) is 9.18 Å². The first-order valence-electron chi connectivity index (χ1n) is 11.1. The molecule has 1 aromatic heterocycles. The van der Waals surface area contributed by atoms with E-state index in [0.717, 1.165) is 21.7 Å². The highest BCUT2D eigenvalue weighted by molar-refractivity contribution is 7.98. The van der Waals surface area contributed by atoms with Gasteiger partial charge in [0.25, 0.3) is 0 Å². The Hall–Kier alpha value is -3.01. The van der Waals surface area contributed by atoms with Gasteiger partial charge in [-0.3, -0.25) is 4.57 Å². The number of amides is 2. The molecule has 186 valence electrons. The van der Waals surface area contributed by atoms with E-state index in [1.165, 1.54) is 23.9 Å². The molecule has 0 aliphatic rings. The van der Waals surface area contributed by atoms with Crippen LogP contribution in [0.15, 0.2) is 76.8 Å². The van der Waals surface area contributed by atoms with Crippen molar-refractivity contribution in [2.45, 2.75) is 35.7 Å². The second-order valence-corrected chi connectivity index (χ2v) is 10.3. The van der Waals surface area contributed by atoms with Gasteiger partial charge >= 0.3 is 6.03 Å². The van der Waals surface area contributed by atoms with Crippen LogP contribution in [-0.2, 0) is 5.75 Å². The maximum Gasteiger partial charge on any atom is 0.319 e. The van der Waals surface area contributed by atoms with Crippen LogP contribution in [0.25, 0.3) is 5.69 Å². The number of anilines is 1. The van der Waals surface area contributed by atoms with Gasteiger partial charge in [0, 0.05) is 21.4 Å². The molecule has 1 atom stereocenters. The molecule has 10 heteroatoms. The Balaban J connectivity index is 1.58. The lowest BCUT2D eigenvalue weighted by Crippen LogP contribution is -2.32. The molecule has 0 radical (unpaired) electrons. The number of thioether (sulfide) groups is 2. The summed E-state index contributed by atoms with van der Waals surface area (Å²) in [6.45, 7) is 3.83. The van der Waals surface area contributed by atoms with Crippen LogP contribution in [0.5, 0.6) is 0 Å². The van der Waals surface area contributed by atoms with Crippen LogP contribution < -0.4 is 10.6 Å². The van der Waals surface area contributed by atoms with Gasteiger partial charge in [0.15, 0.2) is 11.0 Å². The van der Waals surface area contributed by atoms with Gasteiger partial charge in [-0.15, -0.1) is 22.0 Å². The van der Waals surface area contributed by atoms with E-state index in [2.05, 4.69) is 20.8 Å². The summed E-state index contributed by atoms with van der Waals surface area (Å²) in [6.07, 6.45) is 2.00. The highest BCUT2D eigenvalue weighted by Gasteiger charge is 2.22. The molecule has 0 saturated heterocycles. The Kier molecular flexibility index (Phi) is 8.56. The van der Waals surface area contributed by atoms with Crippen LogP contribution in [0.3, 0.4) is 0 Å². The average Bonchev–Trinajstić information content (AvgIpc) is 3.29. The predicted molar refractivity (Wildman–Crippen MR) is 146 cm³/mol. The summed E-state index contributed by atoms with van der Waals surface area (Å²) in [5, 5.41) is 15.9. The highest BCUT2D eigenvalue weighted by Crippen LogP contribution is 2.30. The van der Waals surface area contributed by atoms with Crippen molar-refractivity contribution >= 4 is 46.8 Å². The van der Waals surface area contributed by atoms with Crippen LogP contribution in [0.4, 0.5) is 14.9 Å². The molecule has 36 heavy (non-hydrogen) atoms. The van der Waals surface area contributed by atoms with E-state index >= 15 is 0 Å². The van der Waals surface area contributed by atoms with E-state index in [0.29, 0.717) is 27.4 Å². The first kappa shape index (κ1) is 26.1. The predicted octanol–water partition coefficient (Wildman–Crippen LogP) is 7.27. The zero-order valence-corrected chi connectivity index (χ0v) is 22.3. The molecule has 4 aromatic rings. The minimum atomic E-state index is -0.457. The number of nitrogens with zero attached hydrogens (tertiary/aromatic N) is 3. The maximum atomic E-state index is 13.3. The number of aryl methyl sites for hydroxylation is 1. The van der Waals surface area contributed by atoms with Crippen molar-refractivity contribution in [2.24, 2.45) is 0 Å². The molecular weight excluding hydrogens is 517 g/mol. The van der Waals surface area contributed by atoms with E-state index in [1.807, 2.05) is 67.1 Å². The van der Waals surface area contributed by atoms with Crippen LogP contribution in [0.1, 0.15) is 29.9 Å². The summed E-state index contributed by atoms with van der Waals surface area (Å²) < 4.78 is 15.2. The smallest absolute Gasteiger partial charge is 0.319 e. The quantitative estimate of drug-likeness (QED) is 0.230. The van der Waals surface area contributed by atoms with E-state index in [-0.39, 0.29) is 11.8 Å². The van der Waals surface area contributed by atoms with E-state index in [1.54, 1.807) is 23.9 Å². The maximum absolute atomic E-state index is 13.3. The van der Waals surface area contributed by atoms with Crippen molar-refractivity contribution in [2.75, 3.05) is 11.6 Å². The molecule has 0 bridgehead atoms. The first-order chi connectivity index (χ1) is 17.3. The van der Waals surface area contributed by atoms with Crippen LogP contribution in [0.2, 0.25) is 5.02 Å². The van der Waals surface area contributed by atoms with Gasteiger partial charge in [0.05, 0.1) is 11.7 Å². The molecule has 4 rings (SSSR count). The molecule has 0 spiro atoms. The fourth-order valence-corrected chi connectivity index (χ4v) is 5.02. The first-order valence-corrected chi connectivity index (χ1v) is 13.7. The van der Waals surface area contributed by atoms with Gasteiger partial charge in [-0.2, -0.15) is 0 Å². The lowest BCUT2D eigenvalue weighted by atomic mass is 10.2. The summed E-state index contributed by atoms with van der Waals surface area (Å²) in [6, 6.07) is 18.8. The number of rotatable bonds is 8. The molecule has 2 amide bonds. The molecule has 0 aliphatic heterocycles. The van der Waals surface area contributed by atoms with Gasteiger partial charge in [0.2, 0.25) is 0 Å². The third-order valence-corrected chi connectivity index (χ3v) is 7.41. The number of carbonyl (C=O) groups is 1. The number of hydrogen-bond acceptors (Lipinski definition) is 5. The summed E-state index contributed by atoms with van der Waals surface area (Å²) in [5.74, 6) is 0.865. The van der Waals surface area contributed by atoms with Crippen molar-refractivity contribution in [1.29, 1.82) is 0 Å². The minimum absolute atomic E-state index is 0.276. The normalized spacial score (nSPS) is 11.8. The number of benzene rings is 3. The largest absolute Gasteiger partial charge is 0.328 e. The molecule has 1 heterocycles. The molecule has 1 unspecified atom stereocenters. The molecule has 0 aliphatic carbocycles. The fourth-order valence-electron chi connectivity index (χ4n) is 3.54. The van der Waals surface area contributed by atoms with E-state index in [9.17, 15) is 9.18 Å². The van der Waals surface area contributed by atoms with E-state index in [4.69, 9.17) is 11.6 Å². The number of aromatic nitrogens is 3. The van der Waals surface area contributed by atoms with Crippen molar-refractivity contribution in [1.82, 2.24) is 20.1 Å². The van der Waals surface area contributed by atoms with E-state index < -0.39 is 6.04 Å². The average molecular weight is 542 g/mol. The Morgan fingerprint density at radius 2 is 1.81 bits per heavy atom. The number of halogens is 2. The second kappa shape index (κ2) is 11.8. The van der Waals surface area contributed by atoms with Gasteiger partial charge in [0.1, 0.15) is 5.82 Å². The van der Waals surface area contributed by atoms with Gasteiger partial charge in [-0.05, 0) is 79.8 Å². The topological polar surface area (TPSA) is 71.8 Å². The Labute approximate surface area is 223 Å².